The van der Waals surface area contributed by atoms with Gasteiger partial charge in [-0.15, -0.1) is 0 Å². The molecule has 0 bridgehead atoms. The van der Waals surface area contributed by atoms with E-state index in [-0.39, 0.29) is 17.6 Å². The van der Waals surface area contributed by atoms with Gasteiger partial charge in [-0.05, 0) is 13.6 Å². The minimum Gasteiger partial charge on any atom is -0.374 e. The lowest BCUT2D eigenvalue weighted by atomic mass is 9.85. The van der Waals surface area contributed by atoms with Gasteiger partial charge in [-0.3, -0.25) is 9.58 Å². The molecule has 0 aromatic carbocycles. The molecule has 120 valence electrons. The van der Waals surface area contributed by atoms with E-state index < -0.39 is 0 Å². The predicted molar refractivity (Wildman–Crippen MR) is 85.6 cm³/mol. The molecule has 2 atom stereocenters. The van der Waals surface area contributed by atoms with Crippen molar-refractivity contribution in [3.63, 3.8) is 0 Å². The maximum Gasteiger partial charge on any atom is 0.0897 e. The van der Waals surface area contributed by atoms with Crippen LogP contribution in [0.25, 0.3) is 0 Å². The summed E-state index contributed by atoms with van der Waals surface area (Å²) in [6.07, 6.45) is 2.34. The zero-order valence-corrected chi connectivity index (χ0v) is 14.3. The number of aromatic nitrogens is 2. The van der Waals surface area contributed by atoms with E-state index in [9.17, 15) is 0 Å². The van der Waals surface area contributed by atoms with Crippen LogP contribution in [0.4, 0.5) is 0 Å². The molecule has 1 aliphatic rings. The summed E-state index contributed by atoms with van der Waals surface area (Å²) < 4.78 is 7.99. The lowest BCUT2D eigenvalue weighted by Crippen LogP contribution is -2.47. The number of likely N-dealkylation sites (N-methyl/N-ethyl adjacent to an activating group) is 2. The monoisotopic (exact) mass is 294 g/mol. The van der Waals surface area contributed by atoms with Crippen molar-refractivity contribution in [2.24, 2.45) is 7.05 Å². The SMILES string of the molecule is CCNCC1OCCN(C)C1c1cn(C)nc1C(C)(C)C. The van der Waals surface area contributed by atoms with Gasteiger partial charge in [0.1, 0.15) is 0 Å². The fraction of sp³-hybridized carbons (Fsp3) is 0.812. The Hall–Kier alpha value is -0.910. The van der Waals surface area contributed by atoms with Gasteiger partial charge in [0.05, 0.1) is 24.4 Å². The maximum atomic E-state index is 6.05. The summed E-state index contributed by atoms with van der Waals surface area (Å²) in [6, 6.07) is 0.265. The van der Waals surface area contributed by atoms with Crippen molar-refractivity contribution in [3.8, 4) is 0 Å². The second-order valence-electron chi connectivity index (χ2n) is 7.00. The molecule has 1 aromatic rings. The van der Waals surface area contributed by atoms with Crippen LogP contribution in [0.2, 0.25) is 0 Å². The Bertz CT molecular complexity index is 463. The Morgan fingerprint density at radius 3 is 2.71 bits per heavy atom. The molecule has 2 unspecified atom stereocenters. The zero-order chi connectivity index (χ0) is 15.6. The number of hydrogen-bond donors (Lipinski definition) is 1. The summed E-state index contributed by atoms with van der Waals surface area (Å²) in [6.45, 7) is 12.4. The number of aryl methyl sites for hydroxylation is 1. The Labute approximate surface area is 128 Å². The van der Waals surface area contributed by atoms with E-state index >= 15 is 0 Å². The smallest absolute Gasteiger partial charge is 0.0897 e. The van der Waals surface area contributed by atoms with Gasteiger partial charge in [0, 0.05) is 37.3 Å². The Kier molecular flexibility index (Phi) is 5.07. The van der Waals surface area contributed by atoms with E-state index in [2.05, 4.69) is 51.2 Å². The molecular formula is C16H30N4O. The van der Waals surface area contributed by atoms with E-state index in [0.717, 1.165) is 26.2 Å². The summed E-state index contributed by atoms with van der Waals surface area (Å²) in [7, 11) is 4.19. The highest BCUT2D eigenvalue weighted by molar-refractivity contribution is 5.29. The third-order valence-corrected chi connectivity index (χ3v) is 4.08. The topological polar surface area (TPSA) is 42.3 Å². The van der Waals surface area contributed by atoms with Crippen LogP contribution >= 0.6 is 0 Å². The van der Waals surface area contributed by atoms with Crippen LogP contribution in [-0.4, -0.2) is 54.1 Å². The van der Waals surface area contributed by atoms with Gasteiger partial charge < -0.3 is 10.1 Å². The van der Waals surface area contributed by atoms with Crippen LogP contribution in [0.1, 0.15) is 45.0 Å². The molecule has 21 heavy (non-hydrogen) atoms. The molecule has 1 fully saturated rings. The molecular weight excluding hydrogens is 264 g/mol. The molecule has 0 amide bonds. The van der Waals surface area contributed by atoms with Crippen LogP contribution in [0.5, 0.6) is 0 Å². The zero-order valence-electron chi connectivity index (χ0n) is 14.3. The van der Waals surface area contributed by atoms with Gasteiger partial charge in [-0.2, -0.15) is 5.10 Å². The largest absolute Gasteiger partial charge is 0.374 e. The molecule has 1 saturated heterocycles. The summed E-state index contributed by atoms with van der Waals surface area (Å²) in [5, 5.41) is 8.14. The van der Waals surface area contributed by atoms with Gasteiger partial charge in [0.25, 0.3) is 0 Å². The van der Waals surface area contributed by atoms with Crippen molar-refractivity contribution < 1.29 is 4.74 Å². The van der Waals surface area contributed by atoms with Crippen LogP contribution in [0.15, 0.2) is 6.20 Å². The lowest BCUT2D eigenvalue weighted by Gasteiger charge is -2.40. The number of ether oxygens (including phenoxy) is 1. The first-order valence-electron chi connectivity index (χ1n) is 7.91. The standard InChI is InChI=1S/C16H30N4O/c1-7-17-10-13-14(19(5)8-9-21-13)12-11-20(6)18-15(12)16(2,3)4/h11,13-14,17H,7-10H2,1-6H3. The summed E-state index contributed by atoms with van der Waals surface area (Å²) in [4.78, 5) is 2.40. The second kappa shape index (κ2) is 6.46. The van der Waals surface area contributed by atoms with Crippen LogP contribution in [0.3, 0.4) is 0 Å². The van der Waals surface area contributed by atoms with Crippen LogP contribution < -0.4 is 5.32 Å². The van der Waals surface area contributed by atoms with E-state index in [1.807, 2.05) is 11.7 Å². The summed E-state index contributed by atoms with van der Waals surface area (Å²) in [5.74, 6) is 0. The normalized spacial score (nSPS) is 24.5. The molecule has 0 saturated carbocycles. The summed E-state index contributed by atoms with van der Waals surface area (Å²) >= 11 is 0. The highest BCUT2D eigenvalue weighted by Crippen LogP contribution is 2.35. The fourth-order valence-corrected chi connectivity index (χ4v) is 3.06. The van der Waals surface area contributed by atoms with Crippen LogP contribution in [0, 0.1) is 0 Å². The highest BCUT2D eigenvalue weighted by Gasteiger charge is 2.36. The molecule has 1 N–H and O–H groups in total. The summed E-state index contributed by atoms with van der Waals surface area (Å²) in [5.41, 5.74) is 2.52. The van der Waals surface area contributed by atoms with Crippen LogP contribution in [-0.2, 0) is 17.2 Å². The third-order valence-electron chi connectivity index (χ3n) is 4.08. The van der Waals surface area contributed by atoms with Crippen molar-refractivity contribution in [1.29, 1.82) is 0 Å². The molecule has 0 radical (unpaired) electrons. The first-order valence-corrected chi connectivity index (χ1v) is 7.91. The van der Waals surface area contributed by atoms with Gasteiger partial charge in [-0.1, -0.05) is 27.7 Å². The minimum absolute atomic E-state index is 0.0393. The number of nitrogens with zero attached hydrogens (tertiary/aromatic N) is 3. The minimum atomic E-state index is 0.0393. The number of morpholine rings is 1. The number of nitrogens with one attached hydrogen (secondary N) is 1. The second-order valence-corrected chi connectivity index (χ2v) is 7.00. The van der Waals surface area contributed by atoms with Crippen molar-refractivity contribution >= 4 is 0 Å². The molecule has 1 aliphatic heterocycles. The molecule has 2 heterocycles. The Morgan fingerprint density at radius 2 is 2.10 bits per heavy atom. The molecule has 5 heteroatoms. The number of hydrogen-bond acceptors (Lipinski definition) is 4. The quantitative estimate of drug-likeness (QED) is 0.918. The van der Waals surface area contributed by atoms with E-state index in [1.54, 1.807) is 0 Å². The molecule has 1 aromatic heterocycles. The highest BCUT2D eigenvalue weighted by atomic mass is 16.5. The van der Waals surface area contributed by atoms with Gasteiger partial charge in [-0.25, -0.2) is 0 Å². The van der Waals surface area contributed by atoms with Gasteiger partial charge >= 0.3 is 0 Å². The van der Waals surface area contributed by atoms with E-state index in [1.165, 1.54) is 11.3 Å². The first-order chi connectivity index (χ1) is 9.84. The Morgan fingerprint density at radius 1 is 1.38 bits per heavy atom. The average molecular weight is 294 g/mol. The van der Waals surface area contributed by atoms with Crippen molar-refractivity contribution in [1.82, 2.24) is 20.0 Å². The maximum absolute atomic E-state index is 6.05. The average Bonchev–Trinajstić information content (AvgIpc) is 2.78. The molecule has 0 aliphatic carbocycles. The van der Waals surface area contributed by atoms with Crippen molar-refractivity contribution in [2.75, 3.05) is 33.3 Å². The lowest BCUT2D eigenvalue weighted by molar-refractivity contribution is -0.0616. The third kappa shape index (κ3) is 3.65. The van der Waals surface area contributed by atoms with E-state index in [4.69, 9.17) is 9.84 Å². The van der Waals surface area contributed by atoms with E-state index in [0.29, 0.717) is 0 Å². The molecule has 0 spiro atoms. The predicted octanol–water partition coefficient (Wildman–Crippen LogP) is 1.70. The Balaban J connectivity index is 2.35. The van der Waals surface area contributed by atoms with Gasteiger partial charge in [0.15, 0.2) is 0 Å². The molecule has 5 nitrogen and oxygen atoms in total. The van der Waals surface area contributed by atoms with Crippen molar-refractivity contribution in [3.05, 3.63) is 17.5 Å². The van der Waals surface area contributed by atoms with Gasteiger partial charge in [0.2, 0.25) is 0 Å². The number of rotatable bonds is 4. The van der Waals surface area contributed by atoms with Crippen molar-refractivity contribution in [2.45, 2.75) is 45.3 Å². The first kappa shape index (κ1) is 16.5. The fourth-order valence-electron chi connectivity index (χ4n) is 3.06. The molecule has 2 rings (SSSR count).